The van der Waals surface area contributed by atoms with E-state index in [2.05, 4.69) is 4.72 Å². The molecule has 1 heterocycles. The minimum atomic E-state index is -3.60. The minimum Gasteiger partial charge on any atom is -0.480 e. The molecule has 0 amide bonds. The van der Waals surface area contributed by atoms with Gasteiger partial charge in [-0.25, -0.2) is 0 Å². The second-order valence-corrected chi connectivity index (χ2v) is 5.33. The molecule has 1 rings (SSSR count). The number of carbonyl (C=O) groups is 1. The van der Waals surface area contributed by atoms with Crippen molar-refractivity contribution in [3.8, 4) is 0 Å². The number of nitrogens with zero attached hydrogens (tertiary/aromatic N) is 2. The van der Waals surface area contributed by atoms with E-state index >= 15 is 0 Å². The molecule has 1 atom stereocenters. The predicted molar refractivity (Wildman–Crippen MR) is 53.6 cm³/mol. The van der Waals surface area contributed by atoms with E-state index < -0.39 is 22.2 Å². The van der Waals surface area contributed by atoms with Gasteiger partial charge in [-0.15, -0.1) is 0 Å². The molecule has 0 aliphatic carbocycles. The number of hydrogen-bond acceptors (Lipinski definition) is 4. The second-order valence-electron chi connectivity index (χ2n) is 3.62. The number of carboxylic acids is 1. The molecule has 0 bridgehead atoms. The highest BCUT2D eigenvalue weighted by Gasteiger charge is 2.40. The van der Waals surface area contributed by atoms with Gasteiger partial charge in [0, 0.05) is 19.6 Å². The summed E-state index contributed by atoms with van der Waals surface area (Å²) in [4.78, 5) is 12.6. The first kappa shape index (κ1) is 12.4. The molecule has 0 aromatic rings. The van der Waals surface area contributed by atoms with Crippen LogP contribution < -0.4 is 4.72 Å². The summed E-state index contributed by atoms with van der Waals surface area (Å²) in [5.74, 6) is -1.12. The third-order valence-corrected chi connectivity index (χ3v) is 3.75. The average molecular weight is 237 g/mol. The van der Waals surface area contributed by atoms with Crippen LogP contribution in [0.1, 0.15) is 0 Å². The number of aliphatic carboxylic acids is 1. The molecule has 0 aromatic heterocycles. The van der Waals surface area contributed by atoms with E-state index in [-0.39, 0.29) is 13.1 Å². The Hall–Kier alpha value is -0.700. The third-order valence-electron chi connectivity index (χ3n) is 2.17. The Balaban J connectivity index is 2.74. The fraction of sp³-hybridized carbons (Fsp3) is 0.857. The summed E-state index contributed by atoms with van der Waals surface area (Å²) >= 11 is 0. The van der Waals surface area contributed by atoms with Gasteiger partial charge in [-0.1, -0.05) is 0 Å². The van der Waals surface area contributed by atoms with Crippen LogP contribution in [0.5, 0.6) is 0 Å². The Labute approximate surface area is 88.8 Å². The predicted octanol–water partition coefficient (Wildman–Crippen LogP) is -1.85. The van der Waals surface area contributed by atoms with Gasteiger partial charge in [-0.05, 0) is 14.1 Å². The molecule has 15 heavy (non-hydrogen) atoms. The van der Waals surface area contributed by atoms with Crippen LogP contribution in [0.4, 0.5) is 0 Å². The number of carboxylic acid groups (broad SMARTS) is 1. The van der Waals surface area contributed by atoms with E-state index in [1.54, 1.807) is 19.0 Å². The Morgan fingerprint density at radius 3 is 2.67 bits per heavy atom. The van der Waals surface area contributed by atoms with Crippen molar-refractivity contribution < 1.29 is 18.3 Å². The van der Waals surface area contributed by atoms with Crippen LogP contribution in [0.25, 0.3) is 0 Å². The molecule has 0 aromatic carbocycles. The molecule has 1 aliphatic heterocycles. The van der Waals surface area contributed by atoms with Gasteiger partial charge in [-0.3, -0.25) is 4.79 Å². The van der Waals surface area contributed by atoms with Crippen LogP contribution in [-0.2, 0) is 15.0 Å². The van der Waals surface area contributed by atoms with Gasteiger partial charge in [0.1, 0.15) is 6.04 Å². The van der Waals surface area contributed by atoms with Gasteiger partial charge in [-0.2, -0.15) is 17.4 Å². The molecule has 0 saturated carbocycles. The van der Waals surface area contributed by atoms with Crippen LogP contribution in [0, 0.1) is 0 Å². The SMILES string of the molecule is CN(C)CCN1C(C(=O)O)CNS1(=O)=O. The fourth-order valence-corrected chi connectivity index (χ4v) is 2.68. The van der Waals surface area contributed by atoms with Gasteiger partial charge in [0.15, 0.2) is 0 Å². The molecule has 1 aliphatic rings. The maximum atomic E-state index is 11.4. The van der Waals surface area contributed by atoms with Crippen molar-refractivity contribution >= 4 is 16.2 Å². The number of nitrogens with one attached hydrogen (secondary N) is 1. The lowest BCUT2D eigenvalue weighted by atomic mass is 10.3. The summed E-state index contributed by atoms with van der Waals surface area (Å²) in [5, 5.41) is 8.82. The molecule has 8 heteroatoms. The van der Waals surface area contributed by atoms with Gasteiger partial charge in [0.2, 0.25) is 0 Å². The Morgan fingerprint density at radius 1 is 1.60 bits per heavy atom. The third kappa shape index (κ3) is 2.88. The lowest BCUT2D eigenvalue weighted by Crippen LogP contribution is -2.43. The maximum absolute atomic E-state index is 11.4. The highest BCUT2D eigenvalue weighted by Crippen LogP contribution is 2.12. The zero-order chi connectivity index (χ0) is 11.6. The van der Waals surface area contributed by atoms with E-state index in [1.807, 2.05) is 0 Å². The number of hydrogen-bond donors (Lipinski definition) is 2. The lowest BCUT2D eigenvalue weighted by Gasteiger charge is -2.20. The van der Waals surface area contributed by atoms with E-state index in [1.165, 1.54) is 0 Å². The highest BCUT2D eigenvalue weighted by molar-refractivity contribution is 7.87. The molecule has 1 fully saturated rings. The topological polar surface area (TPSA) is 89.9 Å². The number of rotatable bonds is 4. The van der Waals surface area contributed by atoms with Crippen LogP contribution in [0.2, 0.25) is 0 Å². The first-order valence-corrected chi connectivity index (χ1v) is 5.92. The molecule has 7 nitrogen and oxygen atoms in total. The molecule has 0 spiro atoms. The van der Waals surface area contributed by atoms with Gasteiger partial charge < -0.3 is 10.0 Å². The fourth-order valence-electron chi connectivity index (χ4n) is 1.32. The van der Waals surface area contributed by atoms with Crippen molar-refractivity contribution in [3.05, 3.63) is 0 Å². The Kier molecular flexibility index (Phi) is 3.66. The van der Waals surface area contributed by atoms with Gasteiger partial charge >= 0.3 is 5.97 Å². The highest BCUT2D eigenvalue weighted by atomic mass is 32.2. The molecule has 0 radical (unpaired) electrons. The summed E-state index contributed by atoms with van der Waals surface area (Å²) < 4.78 is 26.0. The van der Waals surface area contributed by atoms with Crippen molar-refractivity contribution in [1.29, 1.82) is 0 Å². The molecule has 2 N–H and O–H groups in total. The maximum Gasteiger partial charge on any atom is 0.323 e. The van der Waals surface area contributed by atoms with E-state index in [0.717, 1.165) is 4.31 Å². The standard InChI is InChI=1S/C7H15N3O4S/c1-9(2)3-4-10-6(7(11)12)5-8-15(10,13)14/h6,8H,3-5H2,1-2H3,(H,11,12). The monoisotopic (exact) mass is 237 g/mol. The smallest absolute Gasteiger partial charge is 0.323 e. The molecular formula is C7H15N3O4S. The van der Waals surface area contributed by atoms with E-state index in [0.29, 0.717) is 6.54 Å². The average Bonchev–Trinajstić information content (AvgIpc) is 2.37. The summed E-state index contributed by atoms with van der Waals surface area (Å²) in [6.45, 7) is 0.606. The zero-order valence-corrected chi connectivity index (χ0v) is 9.49. The lowest BCUT2D eigenvalue weighted by molar-refractivity contribution is -0.140. The quantitative estimate of drug-likeness (QED) is 0.599. The number of likely N-dealkylation sites (N-methyl/N-ethyl adjacent to an activating group) is 1. The summed E-state index contributed by atoms with van der Waals surface area (Å²) in [6.07, 6.45) is 0. The van der Waals surface area contributed by atoms with Crippen molar-refractivity contribution in [2.24, 2.45) is 0 Å². The van der Waals surface area contributed by atoms with Crippen molar-refractivity contribution in [3.63, 3.8) is 0 Å². The first-order valence-electron chi connectivity index (χ1n) is 4.48. The van der Waals surface area contributed by atoms with Crippen LogP contribution >= 0.6 is 0 Å². The first-order chi connectivity index (χ1) is 6.84. The molecule has 1 unspecified atom stereocenters. The van der Waals surface area contributed by atoms with Gasteiger partial charge in [0.25, 0.3) is 10.2 Å². The minimum absolute atomic E-state index is 0.0644. The molecular weight excluding hydrogens is 222 g/mol. The second kappa shape index (κ2) is 4.44. The van der Waals surface area contributed by atoms with Crippen molar-refractivity contribution in [1.82, 2.24) is 13.9 Å². The Morgan fingerprint density at radius 2 is 2.20 bits per heavy atom. The summed E-state index contributed by atoms with van der Waals surface area (Å²) in [5.41, 5.74) is 0. The summed E-state index contributed by atoms with van der Waals surface area (Å²) in [7, 11) is -0.00609. The van der Waals surface area contributed by atoms with E-state index in [4.69, 9.17) is 5.11 Å². The van der Waals surface area contributed by atoms with Crippen LogP contribution in [0.3, 0.4) is 0 Å². The van der Waals surface area contributed by atoms with Crippen molar-refractivity contribution in [2.45, 2.75) is 6.04 Å². The largest absolute Gasteiger partial charge is 0.480 e. The van der Waals surface area contributed by atoms with Crippen LogP contribution in [-0.4, -0.2) is 68.5 Å². The van der Waals surface area contributed by atoms with Crippen molar-refractivity contribution in [2.75, 3.05) is 33.7 Å². The van der Waals surface area contributed by atoms with Gasteiger partial charge in [0.05, 0.1) is 0 Å². The normalized spacial score (nSPS) is 25.9. The van der Waals surface area contributed by atoms with E-state index in [9.17, 15) is 13.2 Å². The van der Waals surface area contributed by atoms with Crippen LogP contribution in [0.15, 0.2) is 0 Å². The molecule has 1 saturated heterocycles. The zero-order valence-electron chi connectivity index (χ0n) is 8.67. The Bertz CT molecular complexity index is 340. The summed E-state index contributed by atoms with van der Waals surface area (Å²) in [6, 6.07) is -0.991. The molecule has 88 valence electrons.